The first-order valence-electron chi connectivity index (χ1n) is 6.69. The van der Waals surface area contributed by atoms with Crippen molar-refractivity contribution in [2.24, 2.45) is 5.92 Å². The predicted octanol–water partition coefficient (Wildman–Crippen LogP) is 3.61. The Balaban J connectivity index is 1.84. The van der Waals surface area contributed by atoms with Gasteiger partial charge in [-0.25, -0.2) is 0 Å². The molecule has 0 aromatic heterocycles. The van der Waals surface area contributed by atoms with Crippen LogP contribution in [0, 0.1) is 5.92 Å². The van der Waals surface area contributed by atoms with Crippen molar-refractivity contribution in [3.05, 3.63) is 41.5 Å². The molecule has 0 aliphatic carbocycles. The molecule has 1 aliphatic heterocycles. The van der Waals surface area contributed by atoms with Crippen molar-refractivity contribution < 1.29 is 9.47 Å². The molecule has 2 heteroatoms. The standard InChI is InChI=1S/C16H22O2/c1-13(15-9-11-18-12-10-15)3-4-14-5-7-16(17-2)8-6-14/h5-9,13H,3-4,10-12H2,1-2H3/t13-/m1/s1. The maximum atomic E-state index is 5.35. The van der Waals surface area contributed by atoms with Crippen molar-refractivity contribution >= 4 is 0 Å². The van der Waals surface area contributed by atoms with Crippen LogP contribution in [0.2, 0.25) is 0 Å². The van der Waals surface area contributed by atoms with Gasteiger partial charge in [0.15, 0.2) is 0 Å². The van der Waals surface area contributed by atoms with Crippen LogP contribution in [0.1, 0.15) is 25.3 Å². The Morgan fingerprint density at radius 1 is 1.28 bits per heavy atom. The Morgan fingerprint density at radius 3 is 2.67 bits per heavy atom. The molecule has 98 valence electrons. The molecule has 0 saturated carbocycles. The molecule has 1 aliphatic rings. The van der Waals surface area contributed by atoms with Gasteiger partial charge in [-0.15, -0.1) is 0 Å². The second kappa shape index (κ2) is 6.60. The van der Waals surface area contributed by atoms with Crippen molar-refractivity contribution in [1.82, 2.24) is 0 Å². The van der Waals surface area contributed by atoms with E-state index >= 15 is 0 Å². The van der Waals surface area contributed by atoms with Crippen LogP contribution in [0.3, 0.4) is 0 Å². The summed E-state index contributed by atoms with van der Waals surface area (Å²) in [4.78, 5) is 0. The first-order chi connectivity index (χ1) is 8.79. The van der Waals surface area contributed by atoms with E-state index in [2.05, 4.69) is 25.1 Å². The highest BCUT2D eigenvalue weighted by molar-refractivity contribution is 5.27. The molecule has 1 aromatic rings. The summed E-state index contributed by atoms with van der Waals surface area (Å²) in [6.45, 7) is 4.00. The topological polar surface area (TPSA) is 18.5 Å². The van der Waals surface area contributed by atoms with Gasteiger partial charge in [-0.2, -0.15) is 0 Å². The largest absolute Gasteiger partial charge is 0.497 e. The monoisotopic (exact) mass is 246 g/mol. The molecule has 0 N–H and O–H groups in total. The van der Waals surface area contributed by atoms with Crippen LogP contribution in [-0.4, -0.2) is 20.3 Å². The van der Waals surface area contributed by atoms with E-state index in [0.29, 0.717) is 5.92 Å². The van der Waals surface area contributed by atoms with Crippen LogP contribution >= 0.6 is 0 Å². The Morgan fingerprint density at radius 2 is 2.06 bits per heavy atom. The van der Waals surface area contributed by atoms with Crippen molar-refractivity contribution in [3.8, 4) is 5.75 Å². The minimum Gasteiger partial charge on any atom is -0.497 e. The molecular weight excluding hydrogens is 224 g/mol. The van der Waals surface area contributed by atoms with E-state index in [4.69, 9.17) is 9.47 Å². The summed E-state index contributed by atoms with van der Waals surface area (Å²) in [7, 11) is 1.70. The maximum absolute atomic E-state index is 5.35. The van der Waals surface area contributed by atoms with E-state index in [9.17, 15) is 0 Å². The third-order valence-electron chi connectivity index (χ3n) is 3.66. The average molecular weight is 246 g/mol. The van der Waals surface area contributed by atoms with Gasteiger partial charge in [-0.05, 0) is 42.9 Å². The molecule has 0 fully saturated rings. The third kappa shape index (κ3) is 3.61. The predicted molar refractivity (Wildman–Crippen MR) is 74.0 cm³/mol. The van der Waals surface area contributed by atoms with Crippen LogP contribution in [-0.2, 0) is 11.2 Å². The minimum atomic E-state index is 0.663. The van der Waals surface area contributed by atoms with E-state index in [1.807, 2.05) is 12.1 Å². The smallest absolute Gasteiger partial charge is 0.118 e. The SMILES string of the molecule is COc1ccc(CC[C@@H](C)C2=CCOCC2)cc1. The van der Waals surface area contributed by atoms with Crippen molar-refractivity contribution in [3.63, 3.8) is 0 Å². The molecule has 1 atom stereocenters. The molecule has 0 saturated heterocycles. The number of rotatable bonds is 5. The molecule has 0 radical (unpaired) electrons. The molecule has 1 heterocycles. The first kappa shape index (κ1) is 13.2. The van der Waals surface area contributed by atoms with Crippen LogP contribution < -0.4 is 4.74 Å². The number of methoxy groups -OCH3 is 1. The Hall–Kier alpha value is -1.28. The minimum absolute atomic E-state index is 0.663. The van der Waals surface area contributed by atoms with Crippen LogP contribution in [0.5, 0.6) is 5.75 Å². The van der Waals surface area contributed by atoms with Gasteiger partial charge in [0.05, 0.1) is 20.3 Å². The lowest BCUT2D eigenvalue weighted by Crippen LogP contribution is -2.11. The second-order valence-electron chi connectivity index (χ2n) is 4.89. The molecule has 2 rings (SSSR count). The van der Waals surface area contributed by atoms with Crippen LogP contribution in [0.25, 0.3) is 0 Å². The molecule has 0 unspecified atom stereocenters. The summed E-state index contributed by atoms with van der Waals surface area (Å²) >= 11 is 0. The normalized spacial score (nSPS) is 17.1. The highest BCUT2D eigenvalue weighted by Gasteiger charge is 2.11. The number of benzene rings is 1. The van der Waals surface area contributed by atoms with E-state index in [-0.39, 0.29) is 0 Å². The van der Waals surface area contributed by atoms with Gasteiger partial charge in [0.25, 0.3) is 0 Å². The lowest BCUT2D eigenvalue weighted by Gasteiger charge is -2.19. The fourth-order valence-electron chi connectivity index (χ4n) is 2.35. The number of aryl methyl sites for hydroxylation is 1. The zero-order valence-electron chi connectivity index (χ0n) is 11.3. The second-order valence-corrected chi connectivity index (χ2v) is 4.89. The van der Waals surface area contributed by atoms with E-state index in [1.165, 1.54) is 12.0 Å². The fourth-order valence-corrected chi connectivity index (χ4v) is 2.35. The van der Waals surface area contributed by atoms with Gasteiger partial charge in [0.2, 0.25) is 0 Å². The van der Waals surface area contributed by atoms with E-state index in [1.54, 1.807) is 12.7 Å². The third-order valence-corrected chi connectivity index (χ3v) is 3.66. The van der Waals surface area contributed by atoms with Crippen molar-refractivity contribution in [2.75, 3.05) is 20.3 Å². The Labute approximate surface area is 110 Å². The number of hydrogen-bond acceptors (Lipinski definition) is 2. The number of hydrogen-bond donors (Lipinski definition) is 0. The maximum Gasteiger partial charge on any atom is 0.118 e. The zero-order valence-corrected chi connectivity index (χ0v) is 11.3. The quantitative estimate of drug-likeness (QED) is 0.739. The molecule has 0 amide bonds. The summed E-state index contributed by atoms with van der Waals surface area (Å²) < 4.78 is 10.5. The lowest BCUT2D eigenvalue weighted by molar-refractivity contribution is 0.150. The van der Waals surface area contributed by atoms with Gasteiger partial charge >= 0.3 is 0 Å². The van der Waals surface area contributed by atoms with Crippen LogP contribution in [0.15, 0.2) is 35.9 Å². The highest BCUT2D eigenvalue weighted by atomic mass is 16.5. The molecule has 18 heavy (non-hydrogen) atoms. The van der Waals surface area contributed by atoms with E-state index in [0.717, 1.165) is 31.8 Å². The van der Waals surface area contributed by atoms with Crippen molar-refractivity contribution in [2.45, 2.75) is 26.2 Å². The van der Waals surface area contributed by atoms with Crippen LogP contribution in [0.4, 0.5) is 0 Å². The Kier molecular flexibility index (Phi) is 4.82. The first-order valence-corrected chi connectivity index (χ1v) is 6.69. The van der Waals surface area contributed by atoms with Gasteiger partial charge in [0, 0.05) is 0 Å². The van der Waals surface area contributed by atoms with Gasteiger partial charge in [-0.3, -0.25) is 0 Å². The van der Waals surface area contributed by atoms with Gasteiger partial charge < -0.3 is 9.47 Å². The highest BCUT2D eigenvalue weighted by Crippen LogP contribution is 2.23. The summed E-state index contributed by atoms with van der Waals surface area (Å²) in [5.41, 5.74) is 2.95. The van der Waals surface area contributed by atoms with E-state index < -0.39 is 0 Å². The molecule has 1 aromatic carbocycles. The average Bonchev–Trinajstić information content (AvgIpc) is 2.46. The summed E-state index contributed by atoms with van der Waals surface area (Å²) in [6.07, 6.45) is 5.69. The molecular formula is C16H22O2. The molecule has 0 bridgehead atoms. The zero-order chi connectivity index (χ0) is 12.8. The van der Waals surface area contributed by atoms with Gasteiger partial charge in [-0.1, -0.05) is 30.7 Å². The number of ether oxygens (including phenoxy) is 2. The summed E-state index contributed by atoms with van der Waals surface area (Å²) in [6, 6.07) is 8.38. The molecule has 0 spiro atoms. The summed E-state index contributed by atoms with van der Waals surface area (Å²) in [5, 5.41) is 0. The summed E-state index contributed by atoms with van der Waals surface area (Å²) in [5.74, 6) is 1.59. The fraction of sp³-hybridized carbons (Fsp3) is 0.500. The Bertz CT molecular complexity index is 392. The van der Waals surface area contributed by atoms with Crippen molar-refractivity contribution in [1.29, 1.82) is 0 Å². The van der Waals surface area contributed by atoms with Gasteiger partial charge in [0.1, 0.15) is 5.75 Å². The molecule has 2 nitrogen and oxygen atoms in total. The lowest BCUT2D eigenvalue weighted by atomic mass is 9.91.